The van der Waals surface area contributed by atoms with Gasteiger partial charge in [0, 0.05) is 22.4 Å². The van der Waals surface area contributed by atoms with Crippen LogP contribution in [0, 0.1) is 13.8 Å². The Morgan fingerprint density at radius 2 is 1.90 bits per heavy atom. The molecule has 0 spiro atoms. The maximum absolute atomic E-state index is 12.1. The zero-order chi connectivity index (χ0) is 15.7. The number of nitrogens with two attached hydrogens (primary N) is 2. The van der Waals surface area contributed by atoms with Gasteiger partial charge in [0.25, 0.3) is 11.1 Å². The average molecular weight is 288 g/mol. The molecule has 0 radical (unpaired) electrons. The van der Waals surface area contributed by atoms with Crippen LogP contribution in [0.3, 0.4) is 0 Å². The van der Waals surface area contributed by atoms with E-state index in [2.05, 4.69) is 5.10 Å². The molecule has 1 heterocycles. The van der Waals surface area contributed by atoms with Crippen molar-refractivity contribution in [1.82, 2.24) is 9.78 Å². The molecule has 1 aromatic heterocycles. The average Bonchev–Trinajstić information content (AvgIpc) is 2.44. The zero-order valence-electron chi connectivity index (χ0n) is 11.8. The van der Waals surface area contributed by atoms with Crippen LogP contribution in [-0.4, -0.2) is 15.7 Å². The summed E-state index contributed by atoms with van der Waals surface area (Å²) >= 11 is 0. The molecule has 0 aliphatic heterocycles. The van der Waals surface area contributed by atoms with Crippen molar-refractivity contribution < 1.29 is 4.79 Å². The van der Waals surface area contributed by atoms with Gasteiger partial charge in [-0.05, 0) is 31.5 Å². The minimum Gasteiger partial charge on any atom is -0.398 e. The van der Waals surface area contributed by atoms with E-state index in [1.165, 1.54) is 16.8 Å². The highest BCUT2D eigenvalue weighted by Crippen LogP contribution is 2.14. The lowest BCUT2D eigenvalue weighted by atomic mass is 10.1. The highest BCUT2D eigenvalue weighted by atomic mass is 16.2. The second-order valence-corrected chi connectivity index (χ2v) is 4.86. The molecule has 2 rings (SSSR count). The number of nitrogens with one attached hydrogen (secondary N) is 1. The molecule has 21 heavy (non-hydrogen) atoms. The normalized spacial score (nSPS) is 10.6. The first-order valence-corrected chi connectivity index (χ1v) is 6.29. The monoisotopic (exact) mass is 288 g/mol. The van der Waals surface area contributed by atoms with Crippen LogP contribution in [0.25, 0.3) is 0 Å². The van der Waals surface area contributed by atoms with E-state index in [-0.39, 0.29) is 23.2 Å². The summed E-state index contributed by atoms with van der Waals surface area (Å²) in [4.78, 5) is 34.9. The highest BCUT2D eigenvalue weighted by molar-refractivity contribution is 5.93. The molecule has 7 heteroatoms. The number of benzene rings is 1. The van der Waals surface area contributed by atoms with Gasteiger partial charge in [0.15, 0.2) is 0 Å². The lowest BCUT2D eigenvalue weighted by molar-refractivity contribution is 0.100. The Hall–Kier alpha value is -2.83. The van der Waals surface area contributed by atoms with Gasteiger partial charge in [0.1, 0.15) is 0 Å². The number of amides is 1. The highest BCUT2D eigenvalue weighted by Gasteiger charge is 2.10. The molecule has 1 aromatic carbocycles. The number of carbonyl (C=O) groups is 1. The van der Waals surface area contributed by atoms with Gasteiger partial charge in [0.2, 0.25) is 5.91 Å². The van der Waals surface area contributed by atoms with E-state index in [0.29, 0.717) is 22.4 Å². The van der Waals surface area contributed by atoms with Crippen LogP contribution in [0.1, 0.15) is 27.0 Å². The van der Waals surface area contributed by atoms with E-state index in [4.69, 9.17) is 11.5 Å². The summed E-state index contributed by atoms with van der Waals surface area (Å²) < 4.78 is 1.19. The van der Waals surface area contributed by atoms with Crippen LogP contribution in [0.5, 0.6) is 0 Å². The Labute approximate surface area is 120 Å². The first-order valence-electron chi connectivity index (χ1n) is 6.29. The molecule has 110 valence electrons. The second kappa shape index (κ2) is 5.28. The van der Waals surface area contributed by atoms with Gasteiger partial charge in [-0.1, -0.05) is 6.07 Å². The fourth-order valence-corrected chi connectivity index (χ4v) is 1.96. The number of anilines is 1. The summed E-state index contributed by atoms with van der Waals surface area (Å²) in [6, 6.07) is 4.58. The number of hydrogen-bond acceptors (Lipinski definition) is 4. The molecule has 7 nitrogen and oxygen atoms in total. The van der Waals surface area contributed by atoms with E-state index in [9.17, 15) is 14.4 Å². The Morgan fingerprint density at radius 1 is 1.24 bits per heavy atom. The number of nitrogens with zero attached hydrogens (tertiary/aromatic N) is 1. The van der Waals surface area contributed by atoms with Crippen molar-refractivity contribution in [2.45, 2.75) is 20.4 Å². The van der Waals surface area contributed by atoms with Crippen molar-refractivity contribution in [2.75, 3.05) is 5.73 Å². The van der Waals surface area contributed by atoms with E-state index in [1.54, 1.807) is 19.9 Å². The number of nitrogen functional groups attached to an aromatic ring is 1. The fraction of sp³-hybridized carbons (Fsp3) is 0.214. The molecule has 0 saturated heterocycles. The minimum atomic E-state index is -0.579. The van der Waals surface area contributed by atoms with Gasteiger partial charge in [-0.25, -0.2) is 4.68 Å². The lowest BCUT2D eigenvalue weighted by Gasteiger charge is -2.11. The standard InChI is InChI=1S/C14H16N4O3/c1-7-8(2)14(21)18(17-13(7)20)6-10-4-3-9(12(16)19)5-11(10)15/h3-5H,6,15H2,1-2H3,(H2,16,19)(H,17,20). The van der Waals surface area contributed by atoms with Crippen molar-refractivity contribution in [3.8, 4) is 0 Å². The van der Waals surface area contributed by atoms with Gasteiger partial charge in [-0.3, -0.25) is 19.5 Å². The van der Waals surface area contributed by atoms with Gasteiger partial charge >= 0.3 is 0 Å². The quantitative estimate of drug-likeness (QED) is 0.681. The molecular formula is C14H16N4O3. The van der Waals surface area contributed by atoms with Crippen molar-refractivity contribution in [3.05, 3.63) is 61.2 Å². The van der Waals surface area contributed by atoms with Gasteiger partial charge in [0.05, 0.1) is 6.54 Å². The van der Waals surface area contributed by atoms with Crippen LogP contribution in [-0.2, 0) is 6.54 Å². The second-order valence-electron chi connectivity index (χ2n) is 4.86. The van der Waals surface area contributed by atoms with Gasteiger partial charge in [-0.15, -0.1) is 0 Å². The Bertz CT molecular complexity index is 833. The van der Waals surface area contributed by atoms with Gasteiger partial charge in [-0.2, -0.15) is 0 Å². The summed E-state index contributed by atoms with van der Waals surface area (Å²) in [6.45, 7) is 3.30. The van der Waals surface area contributed by atoms with Crippen LogP contribution in [0.2, 0.25) is 0 Å². The Kier molecular flexibility index (Phi) is 3.66. The lowest BCUT2D eigenvalue weighted by Crippen LogP contribution is -2.33. The Morgan fingerprint density at radius 3 is 2.48 bits per heavy atom. The number of carbonyl (C=O) groups excluding carboxylic acids is 1. The minimum absolute atomic E-state index is 0.111. The predicted molar refractivity (Wildman–Crippen MR) is 79.3 cm³/mol. The third kappa shape index (κ3) is 2.71. The molecule has 0 bridgehead atoms. The van der Waals surface area contributed by atoms with Crippen LogP contribution >= 0.6 is 0 Å². The van der Waals surface area contributed by atoms with E-state index in [0.717, 1.165) is 0 Å². The number of H-pyrrole nitrogens is 1. The molecule has 0 atom stereocenters. The maximum Gasteiger partial charge on any atom is 0.268 e. The number of rotatable bonds is 3. The fourth-order valence-electron chi connectivity index (χ4n) is 1.96. The van der Waals surface area contributed by atoms with Crippen molar-refractivity contribution in [2.24, 2.45) is 5.73 Å². The number of primary amides is 1. The van der Waals surface area contributed by atoms with E-state index < -0.39 is 5.91 Å². The summed E-state index contributed by atoms with van der Waals surface area (Å²) in [7, 11) is 0. The number of aromatic amines is 1. The molecule has 0 fully saturated rings. The van der Waals surface area contributed by atoms with Crippen molar-refractivity contribution in [1.29, 1.82) is 0 Å². The van der Waals surface area contributed by atoms with Crippen molar-refractivity contribution >= 4 is 11.6 Å². The summed E-state index contributed by atoms with van der Waals surface area (Å²) in [5, 5.41) is 2.50. The number of aromatic nitrogens is 2. The van der Waals surface area contributed by atoms with Crippen LogP contribution < -0.4 is 22.6 Å². The van der Waals surface area contributed by atoms with E-state index >= 15 is 0 Å². The SMILES string of the molecule is Cc1c(C)c(=O)n(Cc2ccc(C(N)=O)cc2N)[nH]c1=O. The maximum atomic E-state index is 12.1. The molecule has 0 unspecified atom stereocenters. The van der Waals surface area contributed by atoms with Crippen molar-refractivity contribution in [3.63, 3.8) is 0 Å². The summed E-state index contributed by atoms with van der Waals surface area (Å²) in [6.07, 6.45) is 0. The molecule has 0 aliphatic rings. The summed E-state index contributed by atoms with van der Waals surface area (Å²) in [5.74, 6) is -0.579. The first kappa shape index (κ1) is 14.6. The van der Waals surface area contributed by atoms with E-state index in [1.807, 2.05) is 0 Å². The molecule has 5 N–H and O–H groups in total. The molecular weight excluding hydrogens is 272 g/mol. The number of hydrogen-bond donors (Lipinski definition) is 3. The molecule has 0 aliphatic carbocycles. The first-order chi connectivity index (χ1) is 9.81. The molecule has 0 saturated carbocycles. The molecule has 2 aromatic rings. The summed E-state index contributed by atoms with van der Waals surface area (Å²) in [5.41, 5.74) is 12.4. The predicted octanol–water partition coefficient (Wildman–Crippen LogP) is -0.117. The third-order valence-corrected chi connectivity index (χ3v) is 3.46. The smallest absolute Gasteiger partial charge is 0.268 e. The largest absolute Gasteiger partial charge is 0.398 e. The topological polar surface area (TPSA) is 124 Å². The van der Waals surface area contributed by atoms with Gasteiger partial charge < -0.3 is 11.5 Å². The van der Waals surface area contributed by atoms with Crippen LogP contribution in [0.15, 0.2) is 27.8 Å². The zero-order valence-corrected chi connectivity index (χ0v) is 11.8. The molecule has 1 amide bonds. The Balaban J connectivity index is 2.46. The third-order valence-electron chi connectivity index (χ3n) is 3.46. The van der Waals surface area contributed by atoms with Crippen LogP contribution in [0.4, 0.5) is 5.69 Å².